The van der Waals surface area contributed by atoms with Crippen molar-refractivity contribution >= 4 is 22.4 Å². The van der Waals surface area contributed by atoms with Crippen LogP contribution in [0, 0.1) is 6.92 Å². The van der Waals surface area contributed by atoms with Crippen molar-refractivity contribution in [2.45, 2.75) is 26.9 Å². The second kappa shape index (κ2) is 8.00. The monoisotopic (exact) mass is 357 g/mol. The fraction of sp³-hybridized carbons (Fsp3) is 0.294. The molecule has 0 bridgehead atoms. The van der Waals surface area contributed by atoms with Gasteiger partial charge in [0.25, 0.3) is 5.91 Å². The molecule has 0 spiro atoms. The summed E-state index contributed by atoms with van der Waals surface area (Å²) in [5, 5.41) is 9.13. The molecule has 3 rings (SSSR count). The van der Waals surface area contributed by atoms with Crippen molar-refractivity contribution in [1.82, 2.24) is 20.0 Å². The number of carbonyl (C=O) groups is 1. The Labute approximate surface area is 149 Å². The smallest absolute Gasteiger partial charge is 0.257 e. The molecule has 0 fully saturated rings. The lowest BCUT2D eigenvalue weighted by Crippen LogP contribution is -2.23. The first-order chi connectivity index (χ1) is 12.1. The number of aromatic nitrogens is 3. The molecule has 0 aliphatic carbocycles. The van der Waals surface area contributed by atoms with Crippen molar-refractivity contribution in [2.24, 2.45) is 0 Å². The molecule has 25 heavy (non-hydrogen) atoms. The van der Waals surface area contributed by atoms with Gasteiger partial charge < -0.3 is 4.52 Å². The summed E-state index contributed by atoms with van der Waals surface area (Å²) < 4.78 is 5.01. The van der Waals surface area contributed by atoms with E-state index in [1.807, 2.05) is 29.6 Å². The number of nitrogens with one attached hydrogen (secondary N) is 1. The number of hydrogen-bond donors (Lipinski definition) is 1. The number of carbonyl (C=O) groups excluding carboxylic acids is 1. The fourth-order valence-corrected chi connectivity index (χ4v) is 2.88. The molecular formula is C17H19N5O2S. The summed E-state index contributed by atoms with van der Waals surface area (Å²) in [4.78, 5) is 22.7. The maximum atomic E-state index is 12.2. The van der Waals surface area contributed by atoms with Crippen molar-refractivity contribution in [3.8, 4) is 0 Å². The second-order valence-corrected chi connectivity index (χ2v) is 6.42. The van der Waals surface area contributed by atoms with Gasteiger partial charge in [-0.1, -0.05) is 24.2 Å². The molecule has 2 aromatic heterocycles. The van der Waals surface area contributed by atoms with Gasteiger partial charge >= 0.3 is 0 Å². The Morgan fingerprint density at radius 2 is 2.08 bits per heavy atom. The highest BCUT2D eigenvalue weighted by Gasteiger charge is 2.11. The number of hydrogen-bond acceptors (Lipinski definition) is 7. The summed E-state index contributed by atoms with van der Waals surface area (Å²) in [5.41, 5.74) is 1.73. The van der Waals surface area contributed by atoms with Crippen molar-refractivity contribution in [2.75, 3.05) is 11.9 Å². The SMILES string of the molecule is CCN(Cc1ccc(C(=O)Nc2nccs2)cc1)Cc1noc(C)n1. The van der Waals surface area contributed by atoms with Gasteiger partial charge in [-0.2, -0.15) is 4.98 Å². The largest absolute Gasteiger partial charge is 0.340 e. The van der Waals surface area contributed by atoms with E-state index in [1.54, 1.807) is 13.1 Å². The molecule has 1 aromatic carbocycles. The zero-order chi connectivity index (χ0) is 17.6. The van der Waals surface area contributed by atoms with E-state index in [0.717, 1.165) is 18.7 Å². The van der Waals surface area contributed by atoms with Gasteiger partial charge in [-0.25, -0.2) is 4.98 Å². The molecule has 0 atom stereocenters. The topological polar surface area (TPSA) is 84.2 Å². The average Bonchev–Trinajstić information content (AvgIpc) is 3.26. The molecular weight excluding hydrogens is 338 g/mol. The Morgan fingerprint density at radius 3 is 2.68 bits per heavy atom. The molecule has 8 heteroatoms. The first kappa shape index (κ1) is 17.2. The lowest BCUT2D eigenvalue weighted by atomic mass is 10.1. The highest BCUT2D eigenvalue weighted by molar-refractivity contribution is 7.13. The van der Waals surface area contributed by atoms with E-state index in [0.29, 0.717) is 29.0 Å². The highest BCUT2D eigenvalue weighted by Crippen LogP contribution is 2.14. The van der Waals surface area contributed by atoms with Gasteiger partial charge in [0.1, 0.15) is 0 Å². The van der Waals surface area contributed by atoms with Crippen LogP contribution >= 0.6 is 11.3 Å². The van der Waals surface area contributed by atoms with Gasteiger partial charge in [-0.3, -0.25) is 15.0 Å². The van der Waals surface area contributed by atoms with E-state index in [2.05, 4.69) is 32.3 Å². The molecule has 0 aliphatic rings. The molecule has 7 nitrogen and oxygen atoms in total. The standard InChI is InChI=1S/C17H19N5O2S/c1-3-22(11-15-19-12(2)24-21-15)10-13-4-6-14(7-5-13)16(23)20-17-18-8-9-25-17/h4-9H,3,10-11H2,1-2H3,(H,18,20,23). The Kier molecular flexibility index (Phi) is 5.52. The summed E-state index contributed by atoms with van der Waals surface area (Å²) in [6.07, 6.45) is 1.66. The molecule has 0 aliphatic heterocycles. The number of thiazole rings is 1. The molecule has 0 saturated heterocycles. The van der Waals surface area contributed by atoms with Gasteiger partial charge in [-0.05, 0) is 24.2 Å². The van der Waals surface area contributed by atoms with Crippen LogP contribution < -0.4 is 5.32 Å². The van der Waals surface area contributed by atoms with Crippen LogP contribution in [-0.4, -0.2) is 32.5 Å². The fourth-order valence-electron chi connectivity index (χ4n) is 2.36. The third-order valence-corrected chi connectivity index (χ3v) is 4.35. The van der Waals surface area contributed by atoms with Crippen molar-refractivity contribution in [3.63, 3.8) is 0 Å². The predicted molar refractivity (Wildman–Crippen MR) is 95.3 cm³/mol. The average molecular weight is 357 g/mol. The van der Waals surface area contributed by atoms with E-state index in [4.69, 9.17) is 4.52 Å². The highest BCUT2D eigenvalue weighted by atomic mass is 32.1. The first-order valence-corrected chi connectivity index (χ1v) is 8.83. The van der Waals surface area contributed by atoms with Crippen molar-refractivity contribution in [1.29, 1.82) is 0 Å². The third-order valence-electron chi connectivity index (χ3n) is 3.66. The van der Waals surface area contributed by atoms with Gasteiger partial charge in [0.15, 0.2) is 11.0 Å². The molecule has 3 aromatic rings. The van der Waals surface area contributed by atoms with Crippen LogP contribution in [0.4, 0.5) is 5.13 Å². The Bertz CT molecular complexity index is 814. The lowest BCUT2D eigenvalue weighted by Gasteiger charge is -2.18. The van der Waals surface area contributed by atoms with Gasteiger partial charge in [0.05, 0.1) is 6.54 Å². The van der Waals surface area contributed by atoms with Crippen LogP contribution in [0.1, 0.15) is 34.6 Å². The maximum absolute atomic E-state index is 12.2. The number of aryl methyl sites for hydroxylation is 1. The van der Waals surface area contributed by atoms with E-state index < -0.39 is 0 Å². The first-order valence-electron chi connectivity index (χ1n) is 7.95. The summed E-state index contributed by atoms with van der Waals surface area (Å²) in [5.74, 6) is 1.09. The number of amides is 1. The Balaban J connectivity index is 1.60. The maximum Gasteiger partial charge on any atom is 0.257 e. The number of rotatable bonds is 7. The minimum Gasteiger partial charge on any atom is -0.340 e. The van der Waals surface area contributed by atoms with Crippen LogP contribution in [0.5, 0.6) is 0 Å². The summed E-state index contributed by atoms with van der Waals surface area (Å²) in [6.45, 7) is 6.10. The van der Waals surface area contributed by atoms with Crippen molar-refractivity contribution < 1.29 is 9.32 Å². The minimum atomic E-state index is -0.156. The van der Waals surface area contributed by atoms with E-state index in [-0.39, 0.29) is 5.91 Å². The van der Waals surface area contributed by atoms with Crippen molar-refractivity contribution in [3.05, 3.63) is 58.7 Å². The van der Waals surface area contributed by atoms with Gasteiger partial charge in [0.2, 0.25) is 5.89 Å². The lowest BCUT2D eigenvalue weighted by molar-refractivity contribution is 0.102. The Morgan fingerprint density at radius 1 is 1.28 bits per heavy atom. The van der Waals surface area contributed by atoms with E-state index in [1.165, 1.54) is 11.3 Å². The Hall–Kier alpha value is -2.58. The molecule has 1 amide bonds. The minimum absolute atomic E-state index is 0.156. The van der Waals surface area contributed by atoms with Crippen LogP contribution in [0.2, 0.25) is 0 Å². The molecule has 2 heterocycles. The van der Waals surface area contributed by atoms with Crippen LogP contribution in [-0.2, 0) is 13.1 Å². The predicted octanol–water partition coefficient (Wildman–Crippen LogP) is 3.11. The van der Waals surface area contributed by atoms with Gasteiger partial charge in [-0.15, -0.1) is 11.3 Å². The molecule has 0 radical (unpaired) electrons. The molecule has 0 unspecified atom stereocenters. The third kappa shape index (κ3) is 4.71. The van der Waals surface area contributed by atoms with Crippen LogP contribution in [0.15, 0.2) is 40.4 Å². The zero-order valence-electron chi connectivity index (χ0n) is 14.1. The second-order valence-electron chi connectivity index (χ2n) is 5.52. The number of anilines is 1. The van der Waals surface area contributed by atoms with Crippen LogP contribution in [0.25, 0.3) is 0 Å². The quantitative estimate of drug-likeness (QED) is 0.699. The number of nitrogens with zero attached hydrogens (tertiary/aromatic N) is 4. The summed E-state index contributed by atoms with van der Waals surface area (Å²) in [6, 6.07) is 7.57. The summed E-state index contributed by atoms with van der Waals surface area (Å²) >= 11 is 1.39. The van der Waals surface area contributed by atoms with E-state index in [9.17, 15) is 4.79 Å². The van der Waals surface area contributed by atoms with Crippen LogP contribution in [0.3, 0.4) is 0 Å². The molecule has 1 N–H and O–H groups in total. The molecule has 130 valence electrons. The van der Waals surface area contributed by atoms with E-state index >= 15 is 0 Å². The summed E-state index contributed by atoms with van der Waals surface area (Å²) in [7, 11) is 0. The molecule has 0 saturated carbocycles. The number of benzene rings is 1. The zero-order valence-corrected chi connectivity index (χ0v) is 14.9. The normalized spacial score (nSPS) is 11.0. The van der Waals surface area contributed by atoms with Gasteiger partial charge in [0, 0.05) is 30.6 Å².